The fraction of sp³-hybridized carbons (Fsp3) is 0.500. The molecule has 0 spiro atoms. The van der Waals surface area contributed by atoms with Crippen LogP contribution >= 0.6 is 15.9 Å². The lowest BCUT2D eigenvalue weighted by molar-refractivity contribution is -0.384. The Labute approximate surface area is 137 Å². The average molecular weight is 372 g/mol. The van der Waals surface area contributed by atoms with E-state index in [1.165, 1.54) is 11.1 Å². The molecular formula is C14H18BrN3O4. The highest BCUT2D eigenvalue weighted by Crippen LogP contribution is 2.34. The average Bonchev–Trinajstić information content (AvgIpc) is 2.85. The summed E-state index contributed by atoms with van der Waals surface area (Å²) in [6.07, 6.45) is 0.231. The molecule has 1 amide bonds. The first-order chi connectivity index (χ1) is 10.2. The molecule has 0 radical (unpaired) electrons. The van der Waals surface area contributed by atoms with Crippen molar-refractivity contribution in [1.29, 1.82) is 0 Å². The van der Waals surface area contributed by atoms with Crippen LogP contribution in [0.2, 0.25) is 0 Å². The molecule has 2 rings (SSSR count). The van der Waals surface area contributed by atoms with Crippen molar-refractivity contribution in [3.05, 3.63) is 32.8 Å². The third-order valence-electron chi connectivity index (χ3n) is 3.05. The zero-order chi connectivity index (χ0) is 16.5. The number of nitro groups is 1. The molecule has 0 bridgehead atoms. The second-order valence-corrected chi connectivity index (χ2v) is 6.89. The lowest BCUT2D eigenvalue weighted by atomic mass is 10.2. The van der Waals surface area contributed by atoms with Crippen LogP contribution in [-0.2, 0) is 4.74 Å². The van der Waals surface area contributed by atoms with Gasteiger partial charge >= 0.3 is 6.09 Å². The number of carbonyl (C=O) groups is 1. The zero-order valence-electron chi connectivity index (χ0n) is 12.7. The van der Waals surface area contributed by atoms with Gasteiger partial charge in [-0.15, -0.1) is 0 Å². The van der Waals surface area contributed by atoms with E-state index in [2.05, 4.69) is 15.9 Å². The summed E-state index contributed by atoms with van der Waals surface area (Å²) in [5.41, 5.74) is -0.279. The van der Waals surface area contributed by atoms with Crippen LogP contribution < -0.4 is 5.01 Å². The zero-order valence-corrected chi connectivity index (χ0v) is 14.3. The van der Waals surface area contributed by atoms with E-state index >= 15 is 0 Å². The number of amides is 1. The molecule has 22 heavy (non-hydrogen) atoms. The maximum Gasteiger partial charge on any atom is 0.429 e. The van der Waals surface area contributed by atoms with Gasteiger partial charge in [0, 0.05) is 23.6 Å². The lowest BCUT2D eigenvalue weighted by Crippen LogP contribution is -2.44. The van der Waals surface area contributed by atoms with Crippen LogP contribution in [0.3, 0.4) is 0 Å². The minimum Gasteiger partial charge on any atom is -0.442 e. The Balaban J connectivity index is 2.32. The minimum absolute atomic E-state index is 0.0511. The second-order valence-electron chi connectivity index (χ2n) is 5.97. The number of halogens is 1. The van der Waals surface area contributed by atoms with Gasteiger partial charge in [-0.2, -0.15) is 0 Å². The van der Waals surface area contributed by atoms with Gasteiger partial charge in [0.2, 0.25) is 0 Å². The molecule has 1 aromatic carbocycles. The number of benzene rings is 1. The van der Waals surface area contributed by atoms with E-state index in [9.17, 15) is 14.9 Å². The van der Waals surface area contributed by atoms with Crippen molar-refractivity contribution in [2.45, 2.75) is 32.8 Å². The third kappa shape index (κ3) is 3.68. The predicted octanol–water partition coefficient (Wildman–Crippen LogP) is 3.72. The molecule has 1 aliphatic rings. The summed E-state index contributed by atoms with van der Waals surface area (Å²) < 4.78 is 5.98. The Kier molecular flexibility index (Phi) is 4.60. The first-order valence-electron chi connectivity index (χ1n) is 6.91. The Morgan fingerprint density at radius 1 is 1.36 bits per heavy atom. The minimum atomic E-state index is -0.614. The van der Waals surface area contributed by atoms with Gasteiger partial charge in [0.15, 0.2) is 0 Å². The maximum atomic E-state index is 12.3. The maximum absolute atomic E-state index is 12.3. The van der Waals surface area contributed by atoms with Crippen LogP contribution in [0.25, 0.3) is 0 Å². The number of anilines is 1. The summed E-state index contributed by atoms with van der Waals surface area (Å²) in [6, 6.07) is 4.78. The number of hydrazine groups is 1. The molecule has 0 saturated carbocycles. The standard InChI is InChI=1S/C14H18BrN3O4/c1-14(2,3)22-13(19)17-8-4-7-16(17)11-6-5-10(15)9-12(11)18(20)21/h5-6,9H,4,7-8H2,1-3H3. The molecule has 0 aliphatic carbocycles. The van der Waals surface area contributed by atoms with Crippen LogP contribution in [0.4, 0.5) is 16.2 Å². The first kappa shape index (κ1) is 16.5. The van der Waals surface area contributed by atoms with Gasteiger partial charge in [-0.1, -0.05) is 15.9 Å². The number of ether oxygens (including phenoxy) is 1. The van der Waals surface area contributed by atoms with Crippen LogP contribution in [0.5, 0.6) is 0 Å². The van der Waals surface area contributed by atoms with Crippen molar-refractivity contribution in [3.63, 3.8) is 0 Å². The Morgan fingerprint density at radius 2 is 2.05 bits per heavy atom. The van der Waals surface area contributed by atoms with Gasteiger partial charge in [0.25, 0.3) is 5.69 Å². The molecule has 1 aromatic rings. The van der Waals surface area contributed by atoms with Crippen molar-refractivity contribution in [3.8, 4) is 0 Å². The lowest BCUT2D eigenvalue weighted by Gasteiger charge is -2.31. The smallest absolute Gasteiger partial charge is 0.429 e. The number of hydrogen-bond acceptors (Lipinski definition) is 5. The van der Waals surface area contributed by atoms with Gasteiger partial charge in [-0.25, -0.2) is 9.80 Å². The monoisotopic (exact) mass is 371 g/mol. The van der Waals surface area contributed by atoms with E-state index in [1.54, 1.807) is 37.9 Å². The highest BCUT2D eigenvalue weighted by atomic mass is 79.9. The van der Waals surface area contributed by atoms with Crippen molar-refractivity contribution in [1.82, 2.24) is 5.01 Å². The number of rotatable bonds is 2. The van der Waals surface area contributed by atoms with Crippen LogP contribution in [0, 0.1) is 10.1 Å². The van der Waals surface area contributed by atoms with Gasteiger partial charge < -0.3 is 4.74 Å². The SMILES string of the molecule is CC(C)(C)OC(=O)N1CCCN1c1ccc(Br)cc1[N+](=O)[O-]. The molecule has 120 valence electrons. The van der Waals surface area contributed by atoms with Gasteiger partial charge in [0.05, 0.1) is 4.92 Å². The fourth-order valence-corrected chi connectivity index (χ4v) is 2.58. The van der Waals surface area contributed by atoms with E-state index in [4.69, 9.17) is 4.74 Å². The van der Waals surface area contributed by atoms with Crippen LogP contribution in [0.15, 0.2) is 22.7 Å². The molecule has 1 saturated heterocycles. The molecule has 1 fully saturated rings. The summed E-state index contributed by atoms with van der Waals surface area (Å²) in [5.74, 6) is 0. The number of nitro benzene ring substituents is 1. The summed E-state index contributed by atoms with van der Waals surface area (Å²) in [6.45, 7) is 6.36. The van der Waals surface area contributed by atoms with E-state index in [1.807, 2.05) is 0 Å². The molecule has 0 N–H and O–H groups in total. The van der Waals surface area contributed by atoms with E-state index in [0.29, 0.717) is 23.2 Å². The molecule has 8 heteroatoms. The molecule has 1 aliphatic heterocycles. The van der Waals surface area contributed by atoms with Crippen LogP contribution in [0.1, 0.15) is 27.2 Å². The normalized spacial score (nSPS) is 15.1. The van der Waals surface area contributed by atoms with Gasteiger partial charge in [-0.3, -0.25) is 15.1 Å². The van der Waals surface area contributed by atoms with Gasteiger partial charge in [0.1, 0.15) is 11.3 Å². The first-order valence-corrected chi connectivity index (χ1v) is 7.70. The molecule has 0 aromatic heterocycles. The van der Waals surface area contributed by atoms with Crippen molar-refractivity contribution in [2.75, 3.05) is 18.1 Å². The Hall–Kier alpha value is -1.83. The number of hydrogen-bond donors (Lipinski definition) is 0. The number of nitrogens with zero attached hydrogens (tertiary/aromatic N) is 3. The topological polar surface area (TPSA) is 75.9 Å². The molecule has 0 unspecified atom stereocenters. The van der Waals surface area contributed by atoms with Crippen molar-refractivity contribution < 1.29 is 14.5 Å². The van der Waals surface area contributed by atoms with E-state index in [-0.39, 0.29) is 5.69 Å². The highest BCUT2D eigenvalue weighted by Gasteiger charge is 2.34. The van der Waals surface area contributed by atoms with E-state index in [0.717, 1.165) is 6.42 Å². The molecule has 7 nitrogen and oxygen atoms in total. The summed E-state index contributed by atoms with van der Waals surface area (Å²) >= 11 is 3.23. The summed E-state index contributed by atoms with van der Waals surface area (Å²) in [5, 5.41) is 14.3. The Morgan fingerprint density at radius 3 is 2.64 bits per heavy atom. The number of carbonyl (C=O) groups excluding carboxylic acids is 1. The molecule has 1 heterocycles. The fourth-order valence-electron chi connectivity index (χ4n) is 2.23. The second kappa shape index (κ2) is 6.12. The summed E-state index contributed by atoms with van der Waals surface area (Å²) in [7, 11) is 0. The largest absolute Gasteiger partial charge is 0.442 e. The summed E-state index contributed by atoms with van der Waals surface area (Å²) in [4.78, 5) is 23.1. The highest BCUT2D eigenvalue weighted by molar-refractivity contribution is 9.10. The Bertz CT molecular complexity index is 600. The predicted molar refractivity (Wildman–Crippen MR) is 85.7 cm³/mol. The molecule has 0 atom stereocenters. The van der Waals surface area contributed by atoms with Crippen LogP contribution in [-0.4, -0.2) is 34.7 Å². The molecular weight excluding hydrogens is 354 g/mol. The van der Waals surface area contributed by atoms with Crippen molar-refractivity contribution >= 4 is 33.4 Å². The van der Waals surface area contributed by atoms with E-state index < -0.39 is 16.6 Å². The third-order valence-corrected chi connectivity index (χ3v) is 3.54. The van der Waals surface area contributed by atoms with Gasteiger partial charge in [-0.05, 0) is 39.3 Å². The quantitative estimate of drug-likeness (QED) is 0.584. The van der Waals surface area contributed by atoms with Crippen molar-refractivity contribution in [2.24, 2.45) is 0 Å².